The van der Waals surface area contributed by atoms with Gasteiger partial charge >= 0.3 is 0 Å². The van der Waals surface area contributed by atoms with Crippen LogP contribution in [0.3, 0.4) is 0 Å². The standard InChI is InChI=1S/C10H18N2O3/c13-6-2-1-3-9(14)11-7-8-4-5-10(15)12-8/h8,13H,1-7H2,(H,11,14)(H,12,15). The number of aliphatic hydroxyl groups excluding tert-OH is 1. The van der Waals surface area contributed by atoms with E-state index in [1.54, 1.807) is 0 Å². The van der Waals surface area contributed by atoms with Crippen molar-refractivity contribution in [3.63, 3.8) is 0 Å². The summed E-state index contributed by atoms with van der Waals surface area (Å²) in [5, 5.41) is 14.1. The van der Waals surface area contributed by atoms with Crippen molar-refractivity contribution in [1.82, 2.24) is 10.6 Å². The minimum Gasteiger partial charge on any atom is -0.396 e. The van der Waals surface area contributed by atoms with Crippen LogP contribution in [0.4, 0.5) is 0 Å². The number of nitrogens with one attached hydrogen (secondary N) is 2. The smallest absolute Gasteiger partial charge is 0.220 e. The third-order valence-electron chi connectivity index (χ3n) is 2.44. The van der Waals surface area contributed by atoms with Crippen molar-refractivity contribution in [2.45, 2.75) is 38.1 Å². The molecule has 1 heterocycles. The normalized spacial score (nSPS) is 20.1. The summed E-state index contributed by atoms with van der Waals surface area (Å²) in [7, 11) is 0. The Morgan fingerprint density at radius 1 is 1.53 bits per heavy atom. The van der Waals surface area contributed by atoms with Gasteiger partial charge in [0.1, 0.15) is 0 Å². The number of carbonyl (C=O) groups is 2. The molecule has 0 aliphatic carbocycles. The first kappa shape index (κ1) is 12.0. The average Bonchev–Trinajstić information content (AvgIpc) is 2.62. The van der Waals surface area contributed by atoms with Crippen molar-refractivity contribution in [3.05, 3.63) is 0 Å². The Morgan fingerprint density at radius 3 is 2.93 bits per heavy atom. The molecule has 1 atom stereocenters. The van der Waals surface area contributed by atoms with Crippen LogP contribution in [0.2, 0.25) is 0 Å². The molecule has 0 aromatic heterocycles. The van der Waals surface area contributed by atoms with Crippen molar-refractivity contribution in [3.8, 4) is 0 Å². The van der Waals surface area contributed by atoms with Gasteiger partial charge in [-0.3, -0.25) is 9.59 Å². The molecule has 1 aliphatic heterocycles. The second kappa shape index (κ2) is 6.40. The predicted octanol–water partition coefficient (Wildman–Crippen LogP) is -0.456. The first-order chi connectivity index (χ1) is 7.22. The Kier molecular flexibility index (Phi) is 5.10. The van der Waals surface area contributed by atoms with Gasteiger partial charge in [-0.05, 0) is 19.3 Å². The highest BCUT2D eigenvalue weighted by atomic mass is 16.3. The van der Waals surface area contributed by atoms with E-state index in [1.165, 1.54) is 0 Å². The van der Waals surface area contributed by atoms with Gasteiger partial charge in [-0.25, -0.2) is 0 Å². The largest absolute Gasteiger partial charge is 0.396 e. The Balaban J connectivity index is 2.03. The molecule has 0 spiro atoms. The Labute approximate surface area is 89.2 Å². The van der Waals surface area contributed by atoms with Crippen molar-refractivity contribution < 1.29 is 14.7 Å². The molecule has 1 saturated heterocycles. The first-order valence-corrected chi connectivity index (χ1v) is 5.39. The Hall–Kier alpha value is -1.10. The maximum atomic E-state index is 11.3. The Bertz CT molecular complexity index is 231. The third-order valence-corrected chi connectivity index (χ3v) is 2.44. The fourth-order valence-corrected chi connectivity index (χ4v) is 1.55. The fraction of sp³-hybridized carbons (Fsp3) is 0.800. The molecule has 1 aliphatic rings. The monoisotopic (exact) mass is 214 g/mol. The summed E-state index contributed by atoms with van der Waals surface area (Å²) in [6.07, 6.45) is 3.18. The molecule has 0 aromatic rings. The SMILES string of the molecule is O=C(CCCCO)NCC1CCC(=O)N1. The lowest BCUT2D eigenvalue weighted by Gasteiger charge is -2.10. The van der Waals surface area contributed by atoms with Crippen LogP contribution in [0.5, 0.6) is 0 Å². The molecular weight excluding hydrogens is 196 g/mol. The zero-order chi connectivity index (χ0) is 11.1. The van der Waals surface area contributed by atoms with Gasteiger partial charge in [0, 0.05) is 32.0 Å². The summed E-state index contributed by atoms with van der Waals surface area (Å²) in [6, 6.07) is 0.0966. The summed E-state index contributed by atoms with van der Waals surface area (Å²) in [4.78, 5) is 22.1. The van der Waals surface area contributed by atoms with Crippen LogP contribution < -0.4 is 10.6 Å². The van der Waals surface area contributed by atoms with Gasteiger partial charge in [0.25, 0.3) is 0 Å². The van der Waals surface area contributed by atoms with Gasteiger partial charge in [0.15, 0.2) is 0 Å². The van der Waals surface area contributed by atoms with E-state index in [4.69, 9.17) is 5.11 Å². The average molecular weight is 214 g/mol. The molecule has 3 N–H and O–H groups in total. The van der Waals surface area contributed by atoms with Crippen LogP contribution >= 0.6 is 0 Å². The van der Waals surface area contributed by atoms with Crippen LogP contribution in [0.15, 0.2) is 0 Å². The van der Waals surface area contributed by atoms with Crippen molar-refractivity contribution in [2.24, 2.45) is 0 Å². The van der Waals surface area contributed by atoms with Crippen molar-refractivity contribution in [1.29, 1.82) is 0 Å². The van der Waals surface area contributed by atoms with Gasteiger partial charge < -0.3 is 15.7 Å². The van der Waals surface area contributed by atoms with E-state index in [9.17, 15) is 9.59 Å². The van der Waals surface area contributed by atoms with Crippen LogP contribution in [-0.2, 0) is 9.59 Å². The molecule has 1 unspecified atom stereocenters. The third kappa shape index (κ3) is 4.78. The van der Waals surface area contributed by atoms with Crippen molar-refractivity contribution >= 4 is 11.8 Å². The van der Waals surface area contributed by atoms with E-state index in [0.29, 0.717) is 32.2 Å². The number of amides is 2. The van der Waals surface area contributed by atoms with E-state index in [0.717, 1.165) is 6.42 Å². The molecule has 2 amide bonds. The molecule has 5 heteroatoms. The zero-order valence-electron chi connectivity index (χ0n) is 8.79. The number of hydrogen-bond donors (Lipinski definition) is 3. The molecule has 0 radical (unpaired) electrons. The number of hydrogen-bond acceptors (Lipinski definition) is 3. The molecular formula is C10H18N2O3. The molecule has 0 saturated carbocycles. The lowest BCUT2D eigenvalue weighted by atomic mass is 10.2. The second-order valence-electron chi connectivity index (χ2n) is 3.79. The molecule has 1 fully saturated rings. The minimum absolute atomic E-state index is 0.00963. The number of unbranched alkanes of at least 4 members (excludes halogenated alkanes) is 1. The summed E-state index contributed by atoms with van der Waals surface area (Å²) >= 11 is 0. The highest BCUT2D eigenvalue weighted by molar-refractivity contribution is 5.79. The maximum absolute atomic E-state index is 11.3. The van der Waals surface area contributed by atoms with Gasteiger partial charge in [-0.1, -0.05) is 0 Å². The van der Waals surface area contributed by atoms with Crippen LogP contribution in [0, 0.1) is 0 Å². The molecule has 86 valence electrons. The summed E-state index contributed by atoms with van der Waals surface area (Å²) in [5.41, 5.74) is 0. The lowest BCUT2D eigenvalue weighted by molar-refractivity contribution is -0.122. The fourth-order valence-electron chi connectivity index (χ4n) is 1.55. The summed E-state index contributed by atoms with van der Waals surface area (Å²) in [6.45, 7) is 0.648. The zero-order valence-corrected chi connectivity index (χ0v) is 8.79. The van der Waals surface area contributed by atoms with E-state index >= 15 is 0 Å². The van der Waals surface area contributed by atoms with Gasteiger partial charge in [0.2, 0.25) is 11.8 Å². The highest BCUT2D eigenvalue weighted by Gasteiger charge is 2.20. The topological polar surface area (TPSA) is 78.4 Å². The summed E-state index contributed by atoms with van der Waals surface area (Å²) < 4.78 is 0. The van der Waals surface area contributed by atoms with E-state index in [1.807, 2.05) is 0 Å². The molecule has 1 rings (SSSR count). The van der Waals surface area contributed by atoms with Crippen LogP contribution in [-0.4, -0.2) is 36.1 Å². The van der Waals surface area contributed by atoms with Gasteiger partial charge in [-0.15, -0.1) is 0 Å². The van der Waals surface area contributed by atoms with Crippen molar-refractivity contribution in [2.75, 3.05) is 13.2 Å². The quantitative estimate of drug-likeness (QED) is 0.524. The number of carbonyl (C=O) groups excluding carboxylic acids is 2. The number of rotatable bonds is 6. The lowest BCUT2D eigenvalue weighted by Crippen LogP contribution is -2.38. The Morgan fingerprint density at radius 2 is 2.33 bits per heavy atom. The minimum atomic E-state index is -0.00963. The molecule has 15 heavy (non-hydrogen) atoms. The number of aliphatic hydroxyl groups is 1. The second-order valence-corrected chi connectivity index (χ2v) is 3.79. The predicted molar refractivity (Wildman–Crippen MR) is 55.1 cm³/mol. The summed E-state index contributed by atoms with van der Waals surface area (Å²) in [5.74, 6) is 0.0547. The van der Waals surface area contributed by atoms with Crippen LogP contribution in [0.25, 0.3) is 0 Å². The van der Waals surface area contributed by atoms with E-state index in [-0.39, 0.29) is 24.5 Å². The van der Waals surface area contributed by atoms with Gasteiger partial charge in [0.05, 0.1) is 0 Å². The van der Waals surface area contributed by atoms with E-state index < -0.39 is 0 Å². The first-order valence-electron chi connectivity index (χ1n) is 5.39. The van der Waals surface area contributed by atoms with E-state index in [2.05, 4.69) is 10.6 Å². The maximum Gasteiger partial charge on any atom is 0.220 e. The molecule has 0 aromatic carbocycles. The molecule has 0 bridgehead atoms. The van der Waals surface area contributed by atoms with Gasteiger partial charge in [-0.2, -0.15) is 0 Å². The highest BCUT2D eigenvalue weighted by Crippen LogP contribution is 2.05. The van der Waals surface area contributed by atoms with Crippen LogP contribution in [0.1, 0.15) is 32.1 Å². The molecule has 5 nitrogen and oxygen atoms in total.